The van der Waals surface area contributed by atoms with Gasteiger partial charge in [-0.15, -0.1) is 0 Å². The van der Waals surface area contributed by atoms with Crippen LogP contribution in [0.1, 0.15) is 52.8 Å². The maximum atomic E-state index is 12.0. The van der Waals surface area contributed by atoms with Crippen molar-refractivity contribution in [1.29, 1.82) is 0 Å². The maximum Gasteiger partial charge on any atom is 0.248 e. The molecule has 3 aromatic carbocycles. The molecule has 3 N–H and O–H groups in total. The van der Waals surface area contributed by atoms with Crippen molar-refractivity contribution in [3.05, 3.63) is 101 Å². The van der Waals surface area contributed by atoms with E-state index >= 15 is 0 Å². The second-order valence-electron chi connectivity index (χ2n) is 10.2. The van der Waals surface area contributed by atoms with Crippen LogP contribution < -0.4 is 10.5 Å². The van der Waals surface area contributed by atoms with Crippen LogP contribution in [-0.4, -0.2) is 25.2 Å². The van der Waals surface area contributed by atoms with Gasteiger partial charge in [0, 0.05) is 29.1 Å². The van der Waals surface area contributed by atoms with Gasteiger partial charge in [0.1, 0.15) is 11.6 Å². The molecule has 0 bridgehead atoms. The Bertz CT molecular complexity index is 1880. The van der Waals surface area contributed by atoms with Crippen LogP contribution in [0.25, 0.3) is 27.6 Å². The lowest BCUT2D eigenvalue weighted by Gasteiger charge is -2.12. The van der Waals surface area contributed by atoms with Gasteiger partial charge in [0.05, 0.1) is 33.7 Å². The number of fused-ring (bicyclic) bond motifs is 2. The molecule has 0 spiro atoms. The van der Waals surface area contributed by atoms with Crippen LogP contribution in [0.15, 0.2) is 82.3 Å². The zero-order valence-electron chi connectivity index (χ0n) is 23.3. The predicted octanol–water partition coefficient (Wildman–Crippen LogP) is 7.19. The molecule has 0 saturated carbocycles. The fourth-order valence-corrected chi connectivity index (χ4v) is 5.95. The number of unbranched alkanes of at least 4 members (excludes halogenated alkanes) is 1. The van der Waals surface area contributed by atoms with Crippen molar-refractivity contribution >= 4 is 45.6 Å². The van der Waals surface area contributed by atoms with Gasteiger partial charge in [-0.25, -0.2) is 4.98 Å². The van der Waals surface area contributed by atoms with Crippen LogP contribution in [0.5, 0.6) is 0 Å². The quantitative estimate of drug-likeness (QED) is 0.171. The predicted molar refractivity (Wildman–Crippen MR) is 165 cm³/mol. The molecule has 0 saturated heterocycles. The van der Waals surface area contributed by atoms with E-state index in [0.29, 0.717) is 12.1 Å². The smallest absolute Gasteiger partial charge is 0.248 e. The molecule has 3 aromatic heterocycles. The summed E-state index contributed by atoms with van der Waals surface area (Å²) in [5.41, 5.74) is 12.2. The number of amides is 1. The van der Waals surface area contributed by atoms with Crippen LogP contribution in [0.3, 0.4) is 0 Å². The van der Waals surface area contributed by atoms with E-state index in [9.17, 15) is 4.79 Å². The molecule has 3 heterocycles. The van der Waals surface area contributed by atoms with Crippen LogP contribution in [-0.2, 0) is 13.0 Å². The van der Waals surface area contributed by atoms with E-state index in [2.05, 4.69) is 74.6 Å². The van der Waals surface area contributed by atoms with Crippen molar-refractivity contribution in [2.24, 2.45) is 5.73 Å². The second-order valence-corrected chi connectivity index (χ2v) is 11.1. The number of nitrogens with one attached hydrogen (secondary N) is 1. The van der Waals surface area contributed by atoms with Gasteiger partial charge in [0.2, 0.25) is 5.91 Å². The Kier molecular flexibility index (Phi) is 7.28. The van der Waals surface area contributed by atoms with Crippen molar-refractivity contribution in [3.63, 3.8) is 0 Å². The summed E-state index contributed by atoms with van der Waals surface area (Å²) in [6.07, 6.45) is 5.19. The number of rotatable bonds is 10. The molecular formula is C32H32N6O2S. The highest BCUT2D eigenvalue weighted by Gasteiger charge is 2.18. The molecule has 0 aliphatic heterocycles. The standard InChI is InChI=1S/C32H32N6O2S/c1-4-5-14-30-34-25-16-15-22(31(33)39)17-28(25)38(30)19-23-18-37(26-11-7-6-10-24(23)26)27-12-8-9-13-29(27)41-36-32-20(2)21(3)40-35-32/h6-13,15-18H,4-5,14,19H2,1-3H3,(H2,33,39)(H,35,36). The van der Waals surface area contributed by atoms with Gasteiger partial charge < -0.3 is 24.1 Å². The summed E-state index contributed by atoms with van der Waals surface area (Å²) in [6, 6.07) is 22.3. The maximum absolute atomic E-state index is 12.0. The van der Waals surface area contributed by atoms with E-state index in [1.165, 1.54) is 11.9 Å². The molecule has 0 radical (unpaired) electrons. The highest BCUT2D eigenvalue weighted by atomic mass is 32.2. The number of nitrogens with two attached hydrogens (primary N) is 1. The van der Waals surface area contributed by atoms with E-state index < -0.39 is 5.91 Å². The summed E-state index contributed by atoms with van der Waals surface area (Å²) >= 11 is 1.51. The van der Waals surface area contributed by atoms with Crippen LogP contribution in [0.4, 0.5) is 5.82 Å². The van der Waals surface area contributed by atoms with Gasteiger partial charge in [-0.3, -0.25) is 4.79 Å². The molecule has 6 rings (SSSR count). The SMILES string of the molecule is CCCCc1nc2ccc(C(N)=O)cc2n1Cc1cn(-c2ccccc2SNc2noc(C)c2C)c2ccccc12. The Morgan fingerprint density at radius 3 is 2.63 bits per heavy atom. The third kappa shape index (κ3) is 5.09. The first-order valence-electron chi connectivity index (χ1n) is 13.8. The summed E-state index contributed by atoms with van der Waals surface area (Å²) < 4.78 is 13.2. The van der Waals surface area contributed by atoms with Crippen molar-refractivity contribution in [2.45, 2.75) is 51.5 Å². The zero-order valence-corrected chi connectivity index (χ0v) is 24.2. The Labute approximate surface area is 242 Å². The molecule has 41 heavy (non-hydrogen) atoms. The van der Waals surface area contributed by atoms with E-state index in [-0.39, 0.29) is 0 Å². The molecule has 9 heteroatoms. The minimum atomic E-state index is -0.440. The number of carbonyl (C=O) groups excluding carboxylic acids is 1. The Morgan fingerprint density at radius 2 is 1.85 bits per heavy atom. The Balaban J connectivity index is 1.43. The monoisotopic (exact) mass is 564 g/mol. The topological polar surface area (TPSA) is 104 Å². The zero-order chi connectivity index (χ0) is 28.5. The lowest BCUT2D eigenvalue weighted by atomic mass is 10.1. The normalized spacial score (nSPS) is 11.5. The summed E-state index contributed by atoms with van der Waals surface area (Å²) in [5, 5.41) is 5.31. The first kappa shape index (κ1) is 26.7. The first-order valence-corrected chi connectivity index (χ1v) is 14.6. The Hall–Kier alpha value is -4.50. The van der Waals surface area contributed by atoms with Crippen LogP contribution >= 0.6 is 11.9 Å². The number of carbonyl (C=O) groups is 1. The third-order valence-electron chi connectivity index (χ3n) is 7.53. The number of nitrogens with zero attached hydrogens (tertiary/aromatic N) is 4. The van der Waals surface area contributed by atoms with Crippen molar-refractivity contribution < 1.29 is 9.32 Å². The van der Waals surface area contributed by atoms with E-state index in [1.807, 2.05) is 32.0 Å². The van der Waals surface area contributed by atoms with E-state index in [4.69, 9.17) is 15.2 Å². The summed E-state index contributed by atoms with van der Waals surface area (Å²) in [7, 11) is 0. The average molecular weight is 565 g/mol. The molecular weight excluding hydrogens is 532 g/mol. The number of para-hydroxylation sites is 2. The van der Waals surface area contributed by atoms with Crippen molar-refractivity contribution in [3.8, 4) is 5.69 Å². The number of benzene rings is 3. The van der Waals surface area contributed by atoms with Crippen molar-refractivity contribution in [1.82, 2.24) is 19.3 Å². The third-order valence-corrected chi connectivity index (χ3v) is 8.39. The van der Waals surface area contributed by atoms with Gasteiger partial charge in [0.25, 0.3) is 0 Å². The van der Waals surface area contributed by atoms with Crippen LogP contribution in [0.2, 0.25) is 0 Å². The molecule has 0 aliphatic rings. The molecule has 0 aliphatic carbocycles. The average Bonchev–Trinajstić information content (AvgIpc) is 3.64. The largest absolute Gasteiger partial charge is 0.366 e. The summed E-state index contributed by atoms with van der Waals surface area (Å²) in [6.45, 7) is 6.70. The number of anilines is 1. The number of hydrogen-bond acceptors (Lipinski definition) is 6. The highest BCUT2D eigenvalue weighted by molar-refractivity contribution is 8.00. The fraction of sp³-hybridized carbons (Fsp3) is 0.219. The molecule has 1 amide bonds. The molecule has 0 atom stereocenters. The van der Waals surface area contributed by atoms with E-state index in [1.54, 1.807) is 6.07 Å². The first-order chi connectivity index (χ1) is 19.9. The number of aryl methyl sites for hydroxylation is 2. The fourth-order valence-electron chi connectivity index (χ4n) is 5.13. The second kappa shape index (κ2) is 11.2. The molecule has 8 nitrogen and oxygen atoms in total. The van der Waals surface area contributed by atoms with Gasteiger partial charge in [-0.2, -0.15) is 0 Å². The van der Waals surface area contributed by atoms with E-state index in [0.717, 1.165) is 80.3 Å². The number of hydrogen-bond donors (Lipinski definition) is 2. The lowest BCUT2D eigenvalue weighted by Crippen LogP contribution is -2.11. The molecule has 0 fully saturated rings. The van der Waals surface area contributed by atoms with Crippen molar-refractivity contribution in [2.75, 3.05) is 4.72 Å². The lowest BCUT2D eigenvalue weighted by molar-refractivity contribution is 0.100. The summed E-state index contributed by atoms with van der Waals surface area (Å²) in [5.74, 6) is 2.10. The molecule has 208 valence electrons. The molecule has 0 unspecified atom stereocenters. The van der Waals surface area contributed by atoms with Gasteiger partial charge in [0.15, 0.2) is 5.82 Å². The highest BCUT2D eigenvalue weighted by Crippen LogP contribution is 2.33. The molecule has 6 aromatic rings. The van der Waals surface area contributed by atoms with Gasteiger partial charge >= 0.3 is 0 Å². The minimum absolute atomic E-state index is 0.440. The van der Waals surface area contributed by atoms with Crippen LogP contribution in [0, 0.1) is 13.8 Å². The summed E-state index contributed by atoms with van der Waals surface area (Å²) in [4.78, 5) is 18.0. The Morgan fingerprint density at radius 1 is 1.05 bits per heavy atom. The number of aromatic nitrogens is 4. The van der Waals surface area contributed by atoms with Gasteiger partial charge in [-0.05, 0) is 74.2 Å². The number of imidazole rings is 1. The number of primary amides is 1. The van der Waals surface area contributed by atoms with Gasteiger partial charge in [-0.1, -0.05) is 48.8 Å². The minimum Gasteiger partial charge on any atom is -0.366 e.